The van der Waals surface area contributed by atoms with E-state index >= 15 is 0 Å². The summed E-state index contributed by atoms with van der Waals surface area (Å²) in [4.78, 5) is 0. The molecule has 0 saturated carbocycles. The van der Waals surface area contributed by atoms with Gasteiger partial charge in [0.05, 0.1) is 0 Å². The fourth-order valence-corrected chi connectivity index (χ4v) is 2.61. The number of hydrogen-bond donors (Lipinski definition) is 0. The van der Waals surface area contributed by atoms with Crippen molar-refractivity contribution < 1.29 is 0 Å². The molecule has 1 heteroatoms. The average Bonchev–Trinajstić information content (AvgIpc) is 2.40. The van der Waals surface area contributed by atoms with E-state index in [-0.39, 0.29) is 5.54 Å². The van der Waals surface area contributed by atoms with Gasteiger partial charge in [-0.15, -0.1) is 0 Å². The first-order valence-corrected chi connectivity index (χ1v) is 8.96. The van der Waals surface area contributed by atoms with Crippen LogP contribution in [0.5, 0.6) is 0 Å². The SMILES string of the molecule is CCCCCC/C=C/CCCCCCC(C)(C)[N]CC. The molecule has 0 bridgehead atoms. The Kier molecular flexibility index (Phi) is 13.5. The van der Waals surface area contributed by atoms with E-state index in [0.717, 1.165) is 6.54 Å². The van der Waals surface area contributed by atoms with Gasteiger partial charge in [-0.05, 0) is 46.0 Å². The summed E-state index contributed by atoms with van der Waals surface area (Å²) < 4.78 is 0. The predicted molar refractivity (Wildman–Crippen MR) is 92.4 cm³/mol. The van der Waals surface area contributed by atoms with Gasteiger partial charge in [0.25, 0.3) is 0 Å². The van der Waals surface area contributed by atoms with Gasteiger partial charge < -0.3 is 0 Å². The van der Waals surface area contributed by atoms with Crippen LogP contribution >= 0.6 is 0 Å². The standard InChI is InChI=1S/C19H38N/c1-5-7-8-9-10-11-12-13-14-15-16-17-18-19(3,4)20-6-2/h11-12H,5-10,13-18H2,1-4H3/b12-11+. The summed E-state index contributed by atoms with van der Waals surface area (Å²) in [5.41, 5.74) is 0.202. The molecule has 0 saturated heterocycles. The van der Waals surface area contributed by atoms with Gasteiger partial charge in [0.1, 0.15) is 0 Å². The monoisotopic (exact) mass is 280 g/mol. The van der Waals surface area contributed by atoms with E-state index in [0.29, 0.717) is 0 Å². The minimum absolute atomic E-state index is 0.202. The maximum absolute atomic E-state index is 4.63. The number of allylic oxidation sites excluding steroid dienone is 2. The number of rotatable bonds is 14. The van der Waals surface area contributed by atoms with E-state index in [1.54, 1.807) is 0 Å². The van der Waals surface area contributed by atoms with Crippen molar-refractivity contribution in [3.63, 3.8) is 0 Å². The molecule has 0 aliphatic heterocycles. The third-order valence-corrected chi connectivity index (χ3v) is 3.89. The van der Waals surface area contributed by atoms with E-state index in [1.807, 2.05) is 0 Å². The first-order valence-electron chi connectivity index (χ1n) is 8.96. The topological polar surface area (TPSA) is 14.1 Å². The van der Waals surface area contributed by atoms with Crippen molar-refractivity contribution in [1.29, 1.82) is 0 Å². The minimum atomic E-state index is 0.202. The predicted octanol–water partition coefficient (Wildman–Crippen LogP) is 6.26. The molecule has 0 fully saturated rings. The summed E-state index contributed by atoms with van der Waals surface area (Å²) in [7, 11) is 0. The Morgan fingerprint density at radius 1 is 0.750 bits per heavy atom. The van der Waals surface area contributed by atoms with Crippen LogP contribution in [0.3, 0.4) is 0 Å². The van der Waals surface area contributed by atoms with Gasteiger partial charge in [0.15, 0.2) is 0 Å². The van der Waals surface area contributed by atoms with Crippen molar-refractivity contribution in [3.05, 3.63) is 12.2 Å². The quantitative estimate of drug-likeness (QED) is 0.263. The molecule has 0 aromatic heterocycles. The lowest BCUT2D eigenvalue weighted by atomic mass is 9.96. The maximum atomic E-state index is 4.63. The van der Waals surface area contributed by atoms with Crippen molar-refractivity contribution in [3.8, 4) is 0 Å². The van der Waals surface area contributed by atoms with Crippen molar-refractivity contribution in [2.45, 2.75) is 104 Å². The summed E-state index contributed by atoms with van der Waals surface area (Å²) in [5.74, 6) is 0. The van der Waals surface area contributed by atoms with E-state index in [2.05, 4.69) is 45.2 Å². The van der Waals surface area contributed by atoms with Crippen molar-refractivity contribution >= 4 is 0 Å². The highest BCUT2D eigenvalue weighted by molar-refractivity contribution is 4.81. The lowest BCUT2D eigenvalue weighted by molar-refractivity contribution is 0.347. The molecule has 0 atom stereocenters. The molecule has 1 nitrogen and oxygen atoms in total. The van der Waals surface area contributed by atoms with Gasteiger partial charge in [-0.1, -0.05) is 64.5 Å². The molecule has 0 aliphatic carbocycles. The van der Waals surface area contributed by atoms with Gasteiger partial charge in [-0.3, -0.25) is 0 Å². The van der Waals surface area contributed by atoms with Crippen LogP contribution in [0, 0.1) is 0 Å². The minimum Gasteiger partial charge on any atom is -0.236 e. The van der Waals surface area contributed by atoms with Crippen molar-refractivity contribution in [2.24, 2.45) is 0 Å². The maximum Gasteiger partial charge on any atom is 0.0300 e. The van der Waals surface area contributed by atoms with Crippen LogP contribution in [0.2, 0.25) is 0 Å². The number of nitrogens with zero attached hydrogens (tertiary/aromatic N) is 1. The Bertz CT molecular complexity index is 218. The lowest BCUT2D eigenvalue weighted by Crippen LogP contribution is -2.32. The Balaban J connectivity index is 3.26. The fourth-order valence-electron chi connectivity index (χ4n) is 2.61. The molecule has 20 heavy (non-hydrogen) atoms. The summed E-state index contributed by atoms with van der Waals surface area (Å²) >= 11 is 0. The van der Waals surface area contributed by atoms with Crippen LogP contribution in [-0.2, 0) is 0 Å². The van der Waals surface area contributed by atoms with Crippen molar-refractivity contribution in [1.82, 2.24) is 5.32 Å². The second kappa shape index (κ2) is 13.7. The number of hydrogen-bond acceptors (Lipinski definition) is 0. The molecular formula is C19H38N. The van der Waals surface area contributed by atoms with E-state index in [4.69, 9.17) is 0 Å². The second-order valence-corrected chi connectivity index (χ2v) is 6.56. The zero-order valence-electron chi connectivity index (χ0n) is 14.6. The third kappa shape index (κ3) is 14.1. The summed E-state index contributed by atoms with van der Waals surface area (Å²) in [6.45, 7) is 9.88. The zero-order chi connectivity index (χ0) is 15.1. The largest absolute Gasteiger partial charge is 0.236 e. The lowest BCUT2D eigenvalue weighted by Gasteiger charge is -2.23. The normalized spacial score (nSPS) is 12.4. The molecule has 0 N–H and O–H groups in total. The van der Waals surface area contributed by atoms with Crippen LogP contribution in [0.25, 0.3) is 0 Å². The van der Waals surface area contributed by atoms with Crippen LogP contribution in [0.15, 0.2) is 12.2 Å². The third-order valence-electron chi connectivity index (χ3n) is 3.89. The molecule has 1 radical (unpaired) electrons. The first-order chi connectivity index (χ1) is 9.62. The van der Waals surface area contributed by atoms with E-state index in [9.17, 15) is 0 Å². The first kappa shape index (κ1) is 19.7. The molecule has 0 aromatic carbocycles. The Morgan fingerprint density at radius 3 is 1.85 bits per heavy atom. The van der Waals surface area contributed by atoms with Crippen LogP contribution < -0.4 is 5.32 Å². The molecule has 0 aliphatic rings. The summed E-state index contributed by atoms with van der Waals surface area (Å²) in [5, 5.41) is 4.63. The molecule has 0 aromatic rings. The van der Waals surface area contributed by atoms with E-state index in [1.165, 1.54) is 70.6 Å². The Labute approximate surface area is 128 Å². The molecule has 0 spiro atoms. The van der Waals surface area contributed by atoms with Gasteiger partial charge in [0.2, 0.25) is 0 Å². The van der Waals surface area contributed by atoms with Crippen LogP contribution in [-0.4, -0.2) is 12.1 Å². The molecule has 0 heterocycles. The Hall–Kier alpha value is -0.300. The Morgan fingerprint density at radius 2 is 1.30 bits per heavy atom. The van der Waals surface area contributed by atoms with Crippen molar-refractivity contribution in [2.75, 3.05) is 6.54 Å². The second-order valence-electron chi connectivity index (χ2n) is 6.56. The van der Waals surface area contributed by atoms with E-state index < -0.39 is 0 Å². The van der Waals surface area contributed by atoms with Gasteiger partial charge in [0, 0.05) is 12.1 Å². The molecule has 0 amide bonds. The molecule has 0 rings (SSSR count). The van der Waals surface area contributed by atoms with Crippen LogP contribution in [0.1, 0.15) is 98.3 Å². The highest BCUT2D eigenvalue weighted by Crippen LogP contribution is 2.16. The molecular weight excluding hydrogens is 242 g/mol. The smallest absolute Gasteiger partial charge is 0.0300 e. The molecule has 119 valence electrons. The summed E-state index contributed by atoms with van der Waals surface area (Å²) in [6, 6.07) is 0. The number of unbranched alkanes of at least 4 members (excludes halogenated alkanes) is 8. The highest BCUT2D eigenvalue weighted by atomic mass is 14.9. The zero-order valence-corrected chi connectivity index (χ0v) is 14.6. The summed E-state index contributed by atoms with van der Waals surface area (Å²) in [6.07, 6.45) is 19.5. The molecule has 0 unspecified atom stereocenters. The fraction of sp³-hybridized carbons (Fsp3) is 0.895. The van der Waals surface area contributed by atoms with Crippen LogP contribution in [0.4, 0.5) is 0 Å². The van der Waals surface area contributed by atoms with Gasteiger partial charge >= 0.3 is 0 Å². The van der Waals surface area contributed by atoms with Gasteiger partial charge in [-0.25, -0.2) is 5.32 Å². The average molecular weight is 281 g/mol. The van der Waals surface area contributed by atoms with Gasteiger partial charge in [-0.2, -0.15) is 0 Å². The highest BCUT2D eigenvalue weighted by Gasteiger charge is 2.15.